The van der Waals surface area contributed by atoms with E-state index >= 15 is 0 Å². The van der Waals surface area contributed by atoms with Gasteiger partial charge in [-0.2, -0.15) is 0 Å². The number of carbonyl (C=O) groups is 2. The van der Waals surface area contributed by atoms with Gasteiger partial charge in [-0.3, -0.25) is 13.9 Å². The number of nitrogens with one attached hydrogen (secondary N) is 1. The summed E-state index contributed by atoms with van der Waals surface area (Å²) in [6.45, 7) is 9.11. The normalized spacial score (nSPS) is 12.1. The number of benzene rings is 3. The van der Waals surface area contributed by atoms with E-state index in [4.69, 9.17) is 23.2 Å². The Labute approximate surface area is 247 Å². The molecule has 3 rings (SSSR count). The summed E-state index contributed by atoms with van der Waals surface area (Å²) >= 11 is 12.3. The van der Waals surface area contributed by atoms with Crippen LogP contribution in [0.2, 0.25) is 10.0 Å². The van der Waals surface area contributed by atoms with Gasteiger partial charge in [0.15, 0.2) is 0 Å². The maximum atomic E-state index is 14.0. The molecule has 3 aromatic rings. The second-order valence-electron chi connectivity index (χ2n) is 9.85. The second kappa shape index (κ2) is 13.5. The Morgan fingerprint density at radius 3 is 2.15 bits per heavy atom. The third-order valence-corrected chi connectivity index (χ3v) is 9.08. The predicted octanol–water partition coefficient (Wildman–Crippen LogP) is 6.06. The first-order chi connectivity index (χ1) is 18.8. The van der Waals surface area contributed by atoms with Crippen molar-refractivity contribution in [1.29, 1.82) is 0 Å². The number of aryl methyl sites for hydroxylation is 3. The molecule has 1 N–H and O–H groups in total. The molecule has 0 saturated carbocycles. The van der Waals surface area contributed by atoms with Gasteiger partial charge in [0.1, 0.15) is 12.6 Å². The average molecular weight is 605 g/mol. The van der Waals surface area contributed by atoms with Gasteiger partial charge in [0.2, 0.25) is 11.8 Å². The molecule has 0 saturated heterocycles. The van der Waals surface area contributed by atoms with E-state index in [1.54, 1.807) is 56.3 Å². The largest absolute Gasteiger partial charge is 0.354 e. The molecule has 0 radical (unpaired) electrons. The SMILES string of the molecule is CCCNC(=O)C(C)N(Cc1ccc(Cl)c(Cl)c1)C(=O)CN(c1ccc(C)cc1C)S(=O)(=O)c1ccc(C)cc1. The molecule has 1 unspecified atom stereocenters. The van der Waals surface area contributed by atoms with Gasteiger partial charge in [-0.25, -0.2) is 8.42 Å². The molecule has 10 heteroatoms. The lowest BCUT2D eigenvalue weighted by molar-refractivity contribution is -0.139. The van der Waals surface area contributed by atoms with Crippen LogP contribution in [0.5, 0.6) is 0 Å². The van der Waals surface area contributed by atoms with E-state index in [-0.39, 0.29) is 17.3 Å². The number of halogens is 2. The highest BCUT2D eigenvalue weighted by Crippen LogP contribution is 2.29. The van der Waals surface area contributed by atoms with Crippen molar-refractivity contribution in [3.63, 3.8) is 0 Å². The molecule has 40 heavy (non-hydrogen) atoms. The number of sulfonamides is 1. The molecule has 2 amide bonds. The van der Waals surface area contributed by atoms with Crippen LogP contribution < -0.4 is 9.62 Å². The van der Waals surface area contributed by atoms with Gasteiger partial charge in [-0.15, -0.1) is 0 Å². The van der Waals surface area contributed by atoms with Crippen LogP contribution in [-0.2, 0) is 26.2 Å². The Morgan fingerprint density at radius 2 is 1.55 bits per heavy atom. The maximum absolute atomic E-state index is 14.0. The monoisotopic (exact) mass is 603 g/mol. The van der Waals surface area contributed by atoms with Gasteiger partial charge in [-0.05, 0) is 75.6 Å². The van der Waals surface area contributed by atoms with Crippen LogP contribution in [0.1, 0.15) is 42.5 Å². The van der Waals surface area contributed by atoms with Crippen LogP contribution in [0, 0.1) is 20.8 Å². The number of hydrogen-bond donors (Lipinski definition) is 1. The van der Waals surface area contributed by atoms with Gasteiger partial charge >= 0.3 is 0 Å². The van der Waals surface area contributed by atoms with Crippen LogP contribution in [0.25, 0.3) is 0 Å². The Morgan fingerprint density at radius 1 is 0.900 bits per heavy atom. The van der Waals surface area contributed by atoms with Crippen molar-refractivity contribution in [2.45, 2.75) is 58.5 Å². The van der Waals surface area contributed by atoms with Crippen LogP contribution in [-0.4, -0.2) is 44.3 Å². The van der Waals surface area contributed by atoms with E-state index in [1.165, 1.54) is 17.0 Å². The first kappa shape index (κ1) is 31.5. The van der Waals surface area contributed by atoms with Crippen LogP contribution in [0.15, 0.2) is 65.6 Å². The minimum atomic E-state index is -4.13. The average Bonchev–Trinajstić information content (AvgIpc) is 2.91. The molecule has 0 aliphatic heterocycles. The fourth-order valence-corrected chi connectivity index (χ4v) is 6.05. The molecule has 0 spiro atoms. The summed E-state index contributed by atoms with van der Waals surface area (Å²) in [6, 6.07) is 15.9. The molecular weight excluding hydrogens is 569 g/mol. The van der Waals surface area contributed by atoms with Gasteiger partial charge in [0, 0.05) is 13.1 Å². The lowest BCUT2D eigenvalue weighted by Gasteiger charge is -2.32. The zero-order valence-corrected chi connectivity index (χ0v) is 25.7. The highest BCUT2D eigenvalue weighted by atomic mass is 35.5. The molecule has 0 heterocycles. The molecule has 214 valence electrons. The summed E-state index contributed by atoms with van der Waals surface area (Å²) in [5.74, 6) is -0.879. The van der Waals surface area contributed by atoms with E-state index in [1.807, 2.05) is 26.8 Å². The van der Waals surface area contributed by atoms with Gasteiger partial charge in [0.25, 0.3) is 10.0 Å². The van der Waals surface area contributed by atoms with Crippen molar-refractivity contribution >= 4 is 50.7 Å². The van der Waals surface area contributed by atoms with Crippen molar-refractivity contribution < 1.29 is 18.0 Å². The smallest absolute Gasteiger partial charge is 0.264 e. The van der Waals surface area contributed by atoms with E-state index < -0.39 is 28.5 Å². The minimum absolute atomic E-state index is 0.0295. The zero-order chi connectivity index (χ0) is 29.6. The van der Waals surface area contributed by atoms with Crippen LogP contribution in [0.3, 0.4) is 0 Å². The molecule has 7 nitrogen and oxygen atoms in total. The Kier molecular flexibility index (Phi) is 10.6. The van der Waals surface area contributed by atoms with Crippen LogP contribution in [0.4, 0.5) is 5.69 Å². The van der Waals surface area contributed by atoms with Gasteiger partial charge in [0.05, 0.1) is 20.6 Å². The molecule has 0 fully saturated rings. The molecule has 0 aliphatic rings. The first-order valence-electron chi connectivity index (χ1n) is 13.0. The Bertz CT molecular complexity index is 1480. The molecule has 3 aromatic carbocycles. The lowest BCUT2D eigenvalue weighted by Crippen LogP contribution is -2.51. The fourth-order valence-electron chi connectivity index (χ4n) is 4.25. The third kappa shape index (κ3) is 7.56. The lowest BCUT2D eigenvalue weighted by atomic mass is 10.1. The standard InChI is InChI=1S/C30H35Cl2N3O4S/c1-6-15-33-30(37)23(5)34(18-24-10-13-26(31)27(32)17-24)29(36)19-35(28-14-9-21(3)16-22(28)4)40(38,39)25-11-7-20(2)8-12-25/h7-14,16-17,23H,6,15,18-19H2,1-5H3,(H,33,37). The molecule has 0 aromatic heterocycles. The molecule has 1 atom stereocenters. The van der Waals surface area contributed by atoms with E-state index in [0.29, 0.717) is 33.4 Å². The Balaban J connectivity index is 2.06. The Hall–Kier alpha value is -3.07. The number of amides is 2. The van der Waals surface area contributed by atoms with E-state index in [9.17, 15) is 18.0 Å². The second-order valence-corrected chi connectivity index (χ2v) is 12.5. The first-order valence-corrected chi connectivity index (χ1v) is 15.2. The summed E-state index contributed by atoms with van der Waals surface area (Å²) in [7, 11) is -4.13. The number of hydrogen-bond acceptors (Lipinski definition) is 4. The molecular formula is C30H35Cl2N3O4S. The number of anilines is 1. The van der Waals surface area contributed by atoms with Crippen molar-refractivity contribution in [3.05, 3.63) is 93.0 Å². The van der Waals surface area contributed by atoms with E-state index in [2.05, 4.69) is 5.32 Å². The van der Waals surface area contributed by atoms with Gasteiger partial charge in [-0.1, -0.05) is 71.6 Å². The van der Waals surface area contributed by atoms with Crippen molar-refractivity contribution in [2.75, 3.05) is 17.4 Å². The van der Waals surface area contributed by atoms with Crippen molar-refractivity contribution in [3.8, 4) is 0 Å². The van der Waals surface area contributed by atoms with Crippen molar-refractivity contribution in [1.82, 2.24) is 10.2 Å². The molecule has 0 bridgehead atoms. The van der Waals surface area contributed by atoms with Gasteiger partial charge < -0.3 is 10.2 Å². The highest BCUT2D eigenvalue weighted by molar-refractivity contribution is 7.92. The summed E-state index contributed by atoms with van der Waals surface area (Å²) in [6.07, 6.45) is 0.731. The summed E-state index contributed by atoms with van der Waals surface area (Å²) in [5.41, 5.74) is 3.61. The summed E-state index contributed by atoms with van der Waals surface area (Å²) < 4.78 is 29.1. The number of carbonyl (C=O) groups excluding carboxylic acids is 2. The summed E-state index contributed by atoms with van der Waals surface area (Å²) in [5, 5.41) is 3.50. The number of rotatable bonds is 11. The predicted molar refractivity (Wildman–Crippen MR) is 161 cm³/mol. The number of nitrogens with zero attached hydrogens (tertiary/aromatic N) is 2. The highest BCUT2D eigenvalue weighted by Gasteiger charge is 2.33. The zero-order valence-electron chi connectivity index (χ0n) is 23.4. The maximum Gasteiger partial charge on any atom is 0.264 e. The van der Waals surface area contributed by atoms with E-state index in [0.717, 1.165) is 21.9 Å². The molecule has 0 aliphatic carbocycles. The minimum Gasteiger partial charge on any atom is -0.354 e. The van der Waals surface area contributed by atoms with Crippen molar-refractivity contribution in [2.24, 2.45) is 0 Å². The fraction of sp³-hybridized carbons (Fsp3) is 0.333. The summed E-state index contributed by atoms with van der Waals surface area (Å²) in [4.78, 5) is 28.4. The quantitative estimate of drug-likeness (QED) is 0.289. The third-order valence-electron chi connectivity index (χ3n) is 6.56. The van der Waals surface area contributed by atoms with Crippen LogP contribution >= 0.6 is 23.2 Å². The topological polar surface area (TPSA) is 86.8 Å².